The molecule has 1 fully saturated rings. The van der Waals surface area contributed by atoms with E-state index in [1.54, 1.807) is 0 Å². The molecule has 1 N–H and O–H groups in total. The van der Waals surface area contributed by atoms with Gasteiger partial charge in [0.1, 0.15) is 11.1 Å². The van der Waals surface area contributed by atoms with Gasteiger partial charge in [0.25, 0.3) is 0 Å². The van der Waals surface area contributed by atoms with Gasteiger partial charge in [0, 0.05) is 59.6 Å². The zero-order chi connectivity index (χ0) is 24.1. The van der Waals surface area contributed by atoms with Crippen molar-refractivity contribution in [3.63, 3.8) is 0 Å². The lowest BCUT2D eigenvalue weighted by atomic mass is 9.96. The third kappa shape index (κ3) is 5.20. The van der Waals surface area contributed by atoms with E-state index in [0.717, 1.165) is 24.5 Å². The van der Waals surface area contributed by atoms with Crippen LogP contribution in [0.25, 0.3) is 22.2 Å². The van der Waals surface area contributed by atoms with Gasteiger partial charge in [-0.2, -0.15) is 13.2 Å². The Morgan fingerprint density at radius 3 is 2.55 bits per heavy atom. The number of aromatic nitrogens is 2. The van der Waals surface area contributed by atoms with Crippen molar-refractivity contribution in [3.05, 3.63) is 53.6 Å². The van der Waals surface area contributed by atoms with E-state index in [0.29, 0.717) is 17.4 Å². The molecule has 1 aliphatic carbocycles. The summed E-state index contributed by atoms with van der Waals surface area (Å²) in [6.45, 7) is 8.58. The first-order valence-electron chi connectivity index (χ1n) is 10.9. The predicted molar refractivity (Wildman–Crippen MR) is 122 cm³/mol. The first kappa shape index (κ1) is 24.0. The molecule has 9 heteroatoms. The normalized spacial score (nSPS) is 16.9. The molecule has 1 aromatic carbocycles. The molecule has 1 aliphatic rings. The molecule has 2 unspecified atom stereocenters. The number of benzene rings is 1. The van der Waals surface area contributed by atoms with Gasteiger partial charge in [0.15, 0.2) is 0 Å². The molecule has 4 rings (SSSR count). The van der Waals surface area contributed by atoms with E-state index in [2.05, 4.69) is 9.71 Å². The van der Waals surface area contributed by atoms with E-state index in [-0.39, 0.29) is 22.3 Å². The van der Waals surface area contributed by atoms with Crippen molar-refractivity contribution < 1.29 is 22.1 Å². The highest BCUT2D eigenvalue weighted by molar-refractivity contribution is 7.90. The van der Waals surface area contributed by atoms with Crippen LogP contribution >= 0.6 is 0 Å². The number of rotatable bonds is 6. The lowest BCUT2D eigenvalue weighted by Gasteiger charge is -2.20. The van der Waals surface area contributed by atoms with E-state index >= 15 is 4.39 Å². The summed E-state index contributed by atoms with van der Waals surface area (Å²) in [7, 11) is 0. The Morgan fingerprint density at radius 2 is 1.94 bits per heavy atom. The molecule has 4 nitrogen and oxygen atoms in total. The molecule has 0 radical (unpaired) electrons. The van der Waals surface area contributed by atoms with Crippen molar-refractivity contribution in [1.82, 2.24) is 14.3 Å². The lowest BCUT2D eigenvalue weighted by Crippen LogP contribution is -2.29. The molecule has 0 saturated heterocycles. The maximum atomic E-state index is 15.3. The number of halogens is 4. The minimum atomic E-state index is -4.66. The average molecular weight is 482 g/mol. The number of hydrogen-bond donors (Lipinski definition) is 1. The summed E-state index contributed by atoms with van der Waals surface area (Å²) in [5.74, 6) is -0.781. The third-order valence-electron chi connectivity index (χ3n) is 5.60. The molecule has 178 valence electrons. The molecule has 2 atom stereocenters. The standard InChI is InChI=1S/C24H27F4N3OS/c1-14(30-33(32)15-7-8-15)18-12-31(13-23(2,3)4)21-11-17(20(25)10-16(18)21)22-19(24(26,27)28)6-5-9-29-22/h5-6,9-12,14-15,30H,7-8,13H2,1-4H3. The topological polar surface area (TPSA) is 52.9 Å². The van der Waals surface area contributed by atoms with Crippen molar-refractivity contribution in [3.8, 4) is 11.3 Å². The van der Waals surface area contributed by atoms with E-state index in [1.165, 1.54) is 24.4 Å². The first-order valence-corrected chi connectivity index (χ1v) is 12.1. The van der Waals surface area contributed by atoms with Crippen LogP contribution in [0.15, 0.2) is 36.7 Å². The highest BCUT2D eigenvalue weighted by atomic mass is 32.2. The molecule has 0 amide bonds. The Labute approximate surface area is 193 Å². The van der Waals surface area contributed by atoms with Crippen molar-refractivity contribution in [2.75, 3.05) is 0 Å². The van der Waals surface area contributed by atoms with Gasteiger partial charge in [-0.1, -0.05) is 20.8 Å². The number of pyridine rings is 1. The summed E-state index contributed by atoms with van der Waals surface area (Å²) < 4.78 is 73.4. The fraction of sp³-hybridized carbons (Fsp3) is 0.458. The van der Waals surface area contributed by atoms with Crippen molar-refractivity contribution in [2.24, 2.45) is 5.41 Å². The molecule has 33 heavy (non-hydrogen) atoms. The summed E-state index contributed by atoms with van der Waals surface area (Å²) in [6, 6.07) is 4.50. The number of nitrogens with zero attached hydrogens (tertiary/aromatic N) is 2. The van der Waals surface area contributed by atoms with Gasteiger partial charge in [-0.05, 0) is 42.2 Å². The van der Waals surface area contributed by atoms with Gasteiger partial charge in [-0.25, -0.2) is 4.39 Å². The molecular weight excluding hydrogens is 454 g/mol. The minimum absolute atomic E-state index is 0.132. The zero-order valence-corrected chi connectivity index (χ0v) is 19.8. The van der Waals surface area contributed by atoms with Gasteiger partial charge in [-0.3, -0.25) is 4.98 Å². The predicted octanol–water partition coefficient (Wildman–Crippen LogP) is 6.38. The van der Waals surface area contributed by atoms with Crippen LogP contribution in [0.2, 0.25) is 0 Å². The highest BCUT2D eigenvalue weighted by Gasteiger charge is 2.37. The van der Waals surface area contributed by atoms with Gasteiger partial charge in [0.2, 0.25) is 0 Å². The van der Waals surface area contributed by atoms with Crippen molar-refractivity contribution in [2.45, 2.75) is 64.5 Å². The van der Waals surface area contributed by atoms with Crippen molar-refractivity contribution >= 4 is 22.3 Å². The van der Waals surface area contributed by atoms with Crippen molar-refractivity contribution in [1.29, 1.82) is 0 Å². The quantitative estimate of drug-likeness (QED) is 0.328. The first-order chi connectivity index (χ1) is 15.3. The monoisotopic (exact) mass is 481 g/mol. The fourth-order valence-corrected chi connectivity index (χ4v) is 5.20. The van der Waals surface area contributed by atoms with E-state index < -0.39 is 34.6 Å². The zero-order valence-electron chi connectivity index (χ0n) is 19.0. The highest BCUT2D eigenvalue weighted by Crippen LogP contribution is 2.39. The SMILES string of the molecule is CC(N[S+]([O-])C1CC1)c1cn(CC(C)(C)C)c2cc(-c3ncccc3C(F)(F)F)c(F)cc12. The maximum absolute atomic E-state index is 15.3. The molecule has 3 aromatic rings. The number of hydrogen-bond acceptors (Lipinski definition) is 3. The molecule has 2 aromatic heterocycles. The summed E-state index contributed by atoms with van der Waals surface area (Å²) in [5, 5.41) is 0.724. The Balaban J connectivity index is 1.86. The average Bonchev–Trinajstić information content (AvgIpc) is 3.50. The molecule has 1 saturated carbocycles. The summed E-state index contributed by atoms with van der Waals surface area (Å²) in [5.41, 5.74) is -0.375. The molecular formula is C24H27F4N3OS. The van der Waals surface area contributed by atoms with E-state index in [1.807, 2.05) is 38.5 Å². The van der Waals surface area contributed by atoms with Crippen LogP contribution in [0.5, 0.6) is 0 Å². The van der Waals surface area contributed by atoms with Crippen LogP contribution in [0.4, 0.5) is 17.6 Å². The summed E-state index contributed by atoms with van der Waals surface area (Å²) in [4.78, 5) is 3.87. The lowest BCUT2D eigenvalue weighted by molar-refractivity contribution is -0.137. The number of alkyl halides is 3. The largest absolute Gasteiger partial charge is 0.598 e. The number of nitrogens with one attached hydrogen (secondary N) is 1. The second-order valence-electron chi connectivity index (χ2n) is 9.86. The van der Waals surface area contributed by atoms with E-state index in [4.69, 9.17) is 0 Å². The van der Waals surface area contributed by atoms with E-state index in [9.17, 15) is 17.7 Å². The molecule has 0 spiro atoms. The molecule has 0 aliphatic heterocycles. The minimum Gasteiger partial charge on any atom is -0.598 e. The Bertz CT molecular complexity index is 1160. The Hall–Kier alpha value is -2.10. The summed E-state index contributed by atoms with van der Waals surface area (Å²) >= 11 is -1.18. The maximum Gasteiger partial charge on any atom is 0.418 e. The summed E-state index contributed by atoms with van der Waals surface area (Å²) in [6.07, 6.45) is 0.287. The third-order valence-corrected chi connectivity index (χ3v) is 7.26. The molecule has 0 bridgehead atoms. The second kappa shape index (κ2) is 8.60. The second-order valence-corrected chi connectivity index (χ2v) is 11.4. The van der Waals surface area contributed by atoms with Gasteiger partial charge in [-0.15, -0.1) is 4.72 Å². The Morgan fingerprint density at radius 1 is 1.24 bits per heavy atom. The van der Waals surface area contributed by atoms with Crippen LogP contribution in [-0.2, 0) is 24.1 Å². The van der Waals surface area contributed by atoms with Crippen LogP contribution in [0, 0.1) is 11.2 Å². The van der Waals surface area contributed by atoms with Crippen LogP contribution in [0.1, 0.15) is 57.7 Å². The van der Waals surface area contributed by atoms with Gasteiger partial charge in [0.05, 0.1) is 17.3 Å². The van der Waals surface area contributed by atoms with Crippen LogP contribution < -0.4 is 4.72 Å². The Kier molecular flexibility index (Phi) is 6.26. The van der Waals surface area contributed by atoms with Gasteiger partial charge < -0.3 is 9.12 Å². The van der Waals surface area contributed by atoms with Crippen LogP contribution in [-0.4, -0.2) is 19.4 Å². The fourth-order valence-electron chi connectivity index (χ4n) is 3.97. The van der Waals surface area contributed by atoms with Gasteiger partial charge >= 0.3 is 6.18 Å². The number of fused-ring (bicyclic) bond motifs is 1. The van der Waals surface area contributed by atoms with Crippen LogP contribution in [0.3, 0.4) is 0 Å². The smallest absolute Gasteiger partial charge is 0.418 e. The molecule has 2 heterocycles.